The van der Waals surface area contributed by atoms with Gasteiger partial charge >= 0.3 is 5.97 Å². The highest BCUT2D eigenvalue weighted by Crippen LogP contribution is 2.76. The van der Waals surface area contributed by atoms with Crippen LogP contribution in [0.2, 0.25) is 0 Å². The van der Waals surface area contributed by atoms with Crippen molar-refractivity contribution in [2.45, 2.75) is 68.1 Å². The number of aromatic nitrogens is 2. The maximum Gasteiger partial charge on any atom is 0.356 e. The average molecular weight is 547 g/mol. The van der Waals surface area contributed by atoms with E-state index in [0.717, 1.165) is 51.1 Å². The Bertz CT molecular complexity index is 1450. The van der Waals surface area contributed by atoms with Crippen molar-refractivity contribution in [1.82, 2.24) is 20.2 Å². The minimum absolute atomic E-state index is 0.0559. The van der Waals surface area contributed by atoms with Crippen LogP contribution in [0.3, 0.4) is 0 Å². The van der Waals surface area contributed by atoms with E-state index in [1.54, 1.807) is 13.2 Å². The van der Waals surface area contributed by atoms with Crippen LogP contribution in [0.15, 0.2) is 24.5 Å². The number of carbonyl (C=O) groups is 2. The highest BCUT2D eigenvalue weighted by atomic mass is 16.6. The molecule has 2 aliphatic heterocycles. The molecule has 10 nitrogen and oxygen atoms in total. The summed E-state index contributed by atoms with van der Waals surface area (Å²) >= 11 is 0. The van der Waals surface area contributed by atoms with Crippen molar-refractivity contribution in [3.05, 3.63) is 47.0 Å². The summed E-state index contributed by atoms with van der Waals surface area (Å²) in [6, 6.07) is 4.24. The van der Waals surface area contributed by atoms with Gasteiger partial charge in [0.25, 0.3) is 5.91 Å². The van der Waals surface area contributed by atoms with Gasteiger partial charge in [-0.2, -0.15) is 0 Å². The van der Waals surface area contributed by atoms with Crippen LogP contribution in [0.4, 0.5) is 0 Å². The van der Waals surface area contributed by atoms with E-state index < -0.39 is 17.5 Å². The summed E-state index contributed by atoms with van der Waals surface area (Å²) in [5.41, 5.74) is 0.977. The van der Waals surface area contributed by atoms with Crippen LogP contribution in [0, 0.1) is 17.3 Å². The third kappa shape index (κ3) is 2.91. The highest BCUT2D eigenvalue weighted by Gasteiger charge is 2.80. The Hall–Kier alpha value is -3.24. The minimum Gasteiger partial charge on any atom is -0.504 e. The van der Waals surface area contributed by atoms with Gasteiger partial charge in [-0.05, 0) is 69.0 Å². The number of piperidine rings is 1. The molecule has 3 N–H and O–H groups in total. The molecule has 40 heavy (non-hydrogen) atoms. The highest BCUT2D eigenvalue weighted by molar-refractivity contribution is 6.01. The molecular weight excluding hydrogens is 512 g/mol. The molecule has 5 aliphatic carbocycles. The number of likely N-dealkylation sites (tertiary alicyclic amines) is 1. The maximum absolute atomic E-state index is 13.2. The molecule has 4 saturated carbocycles. The van der Waals surface area contributed by atoms with E-state index in [1.165, 1.54) is 36.4 Å². The molecule has 2 aromatic rings. The predicted molar refractivity (Wildman–Crippen MR) is 141 cm³/mol. The number of carboxylic acid groups (broad SMARTS) is 1. The number of rotatable bonds is 7. The second-order valence-corrected chi connectivity index (χ2v) is 12.8. The van der Waals surface area contributed by atoms with Crippen molar-refractivity contribution in [1.29, 1.82) is 0 Å². The Morgan fingerprint density at radius 1 is 1.18 bits per heavy atom. The number of benzene rings is 1. The van der Waals surface area contributed by atoms with Crippen LogP contribution in [0.1, 0.15) is 70.6 Å². The first-order valence-electron chi connectivity index (χ1n) is 14.5. The van der Waals surface area contributed by atoms with E-state index >= 15 is 0 Å². The Morgan fingerprint density at radius 2 is 1.98 bits per heavy atom. The van der Waals surface area contributed by atoms with Gasteiger partial charge in [0.15, 0.2) is 22.9 Å². The number of carboxylic acids is 1. The fraction of sp³-hybridized carbons (Fsp3) is 0.600. The molecular formula is C30H34N4O6. The van der Waals surface area contributed by atoms with Crippen molar-refractivity contribution >= 4 is 11.9 Å². The first-order valence-corrected chi connectivity index (χ1v) is 14.5. The van der Waals surface area contributed by atoms with Gasteiger partial charge in [0.1, 0.15) is 11.7 Å². The third-order valence-electron chi connectivity index (χ3n) is 11.4. The van der Waals surface area contributed by atoms with Gasteiger partial charge in [-0.25, -0.2) is 14.8 Å². The van der Waals surface area contributed by atoms with Gasteiger partial charge in [0.05, 0.1) is 0 Å². The first-order chi connectivity index (χ1) is 19.3. The summed E-state index contributed by atoms with van der Waals surface area (Å²) in [4.78, 5) is 35.5. The fourth-order valence-corrected chi connectivity index (χ4v) is 9.75. The Morgan fingerprint density at radius 3 is 2.73 bits per heavy atom. The lowest BCUT2D eigenvalue weighted by molar-refractivity contribution is -0.275. The molecule has 4 bridgehead atoms. The lowest BCUT2D eigenvalue weighted by Gasteiger charge is -2.74. The maximum atomic E-state index is 13.2. The SMILES string of the molecule is COC12CC[C@@]3(C[C@@H]1CNC(=O)c1nccnc1C(=O)O)[C@H]1Cc4ccc(O)c5c4[C@@]3(CCN1CC1CC1)C2O5. The molecule has 6 atom stereocenters. The largest absolute Gasteiger partial charge is 0.504 e. The molecule has 9 rings (SSSR count). The zero-order valence-electron chi connectivity index (χ0n) is 22.6. The number of carbonyl (C=O) groups excluding carboxylic acids is 1. The van der Waals surface area contributed by atoms with Crippen LogP contribution in [0.25, 0.3) is 0 Å². The number of ether oxygens (including phenoxy) is 2. The summed E-state index contributed by atoms with van der Waals surface area (Å²) in [6.07, 6.45) is 9.54. The van der Waals surface area contributed by atoms with Gasteiger partial charge in [-0.1, -0.05) is 6.07 Å². The molecule has 0 radical (unpaired) electrons. The van der Waals surface area contributed by atoms with E-state index in [4.69, 9.17) is 9.47 Å². The van der Waals surface area contributed by atoms with E-state index in [9.17, 15) is 19.8 Å². The topological polar surface area (TPSA) is 134 Å². The Balaban J connectivity index is 1.20. The van der Waals surface area contributed by atoms with Crippen LogP contribution in [0.5, 0.6) is 11.5 Å². The van der Waals surface area contributed by atoms with Crippen LogP contribution >= 0.6 is 0 Å². The minimum atomic E-state index is -1.29. The number of hydrogen-bond donors (Lipinski definition) is 3. The van der Waals surface area contributed by atoms with Gasteiger partial charge in [-0.15, -0.1) is 0 Å². The number of phenolic OH excluding ortho intramolecular Hbond substituents is 1. The second kappa shape index (κ2) is 8.16. The van der Waals surface area contributed by atoms with E-state index in [-0.39, 0.29) is 40.0 Å². The zero-order chi connectivity index (χ0) is 27.4. The Labute approximate surface area is 232 Å². The van der Waals surface area contributed by atoms with Gasteiger partial charge in [0.2, 0.25) is 0 Å². The molecule has 1 aromatic carbocycles. The third-order valence-corrected chi connectivity index (χ3v) is 11.4. The van der Waals surface area contributed by atoms with E-state index in [1.807, 2.05) is 0 Å². The van der Waals surface area contributed by atoms with Gasteiger partial charge in [0, 0.05) is 60.9 Å². The summed E-state index contributed by atoms with van der Waals surface area (Å²) in [7, 11) is 1.74. The molecule has 5 fully saturated rings. The molecule has 2 unspecified atom stereocenters. The predicted octanol–water partition coefficient (Wildman–Crippen LogP) is 2.53. The van der Waals surface area contributed by atoms with Crippen molar-refractivity contribution in [3.63, 3.8) is 0 Å². The number of aromatic hydroxyl groups is 1. The van der Waals surface area contributed by atoms with Crippen molar-refractivity contribution in [3.8, 4) is 11.5 Å². The van der Waals surface area contributed by atoms with Crippen molar-refractivity contribution < 1.29 is 29.3 Å². The van der Waals surface area contributed by atoms with E-state index in [0.29, 0.717) is 18.3 Å². The van der Waals surface area contributed by atoms with Crippen LogP contribution in [-0.2, 0) is 16.6 Å². The lowest BCUT2D eigenvalue weighted by Crippen LogP contribution is -2.81. The van der Waals surface area contributed by atoms with Gasteiger partial charge < -0.3 is 25.0 Å². The monoisotopic (exact) mass is 546 g/mol. The number of phenols is 1. The number of nitrogens with zero attached hydrogens (tertiary/aromatic N) is 3. The van der Waals surface area contributed by atoms with Crippen molar-refractivity contribution in [2.24, 2.45) is 17.3 Å². The molecule has 210 valence electrons. The van der Waals surface area contributed by atoms with Crippen LogP contribution < -0.4 is 10.1 Å². The number of nitrogens with one attached hydrogen (secondary N) is 1. The lowest BCUT2D eigenvalue weighted by atomic mass is 9.35. The normalized spacial score (nSPS) is 36.6. The molecule has 7 aliphatic rings. The molecule has 3 heterocycles. The Kier molecular flexibility index (Phi) is 5.01. The summed E-state index contributed by atoms with van der Waals surface area (Å²) in [5, 5.41) is 23.5. The number of aromatic carboxylic acids is 1. The number of fused-ring (bicyclic) bond motifs is 2. The van der Waals surface area contributed by atoms with Gasteiger partial charge in [-0.3, -0.25) is 9.69 Å². The summed E-state index contributed by atoms with van der Waals surface area (Å²) < 4.78 is 13.3. The molecule has 10 heteroatoms. The number of hydrogen-bond acceptors (Lipinski definition) is 8. The quantitative estimate of drug-likeness (QED) is 0.479. The molecule has 2 spiro atoms. The zero-order valence-corrected chi connectivity index (χ0v) is 22.6. The molecule has 1 saturated heterocycles. The molecule has 1 aromatic heterocycles. The smallest absolute Gasteiger partial charge is 0.356 e. The van der Waals surface area contributed by atoms with E-state index in [2.05, 4.69) is 26.3 Å². The molecule has 1 amide bonds. The number of methoxy groups -OCH3 is 1. The van der Waals surface area contributed by atoms with Crippen LogP contribution in [-0.4, -0.2) is 81.4 Å². The average Bonchev–Trinajstić information content (AvgIpc) is 3.71. The standard InChI is InChI=1S/C30H34N4O6/c1-39-30-7-6-28(13-18(30)14-33-25(36)22-23(26(37)38)32-10-9-31-22)20-12-17-4-5-19(35)24-21(17)29(28,27(30)40-24)8-11-34(20)15-16-2-3-16/h4-5,9-10,16,18,20,27,35H,2-3,6-8,11-15H2,1H3,(H,33,36)(H,37,38)/t18-,20-,27?,28-,29+,30?/m1/s1. The second-order valence-electron chi connectivity index (χ2n) is 12.8. The number of amides is 1. The fourth-order valence-electron chi connectivity index (χ4n) is 9.75. The summed E-state index contributed by atoms with van der Waals surface area (Å²) in [6.45, 7) is 2.46. The van der Waals surface area contributed by atoms with Crippen molar-refractivity contribution in [2.75, 3.05) is 26.7 Å². The summed E-state index contributed by atoms with van der Waals surface area (Å²) in [5.74, 6) is -0.299. The first kappa shape index (κ1) is 24.5.